The van der Waals surface area contributed by atoms with Gasteiger partial charge in [-0.2, -0.15) is 26.3 Å². The molecule has 1 saturated heterocycles. The van der Waals surface area contributed by atoms with Crippen molar-refractivity contribution >= 4 is 17.5 Å². The Balaban J connectivity index is 2.58. The predicted octanol–water partition coefficient (Wildman–Crippen LogP) is 4.40. The Morgan fingerprint density at radius 1 is 0.833 bits per heavy atom. The fourth-order valence-corrected chi connectivity index (χ4v) is 2.53. The normalized spacial score (nSPS) is 18.9. The summed E-state index contributed by atoms with van der Waals surface area (Å²) in [7, 11) is 0. The third kappa shape index (κ3) is 3.70. The van der Waals surface area contributed by atoms with Gasteiger partial charge >= 0.3 is 12.4 Å². The SMILES string of the molecule is CC1(C)CC(=O)N(c2cc(C(F)(F)F)cc(C(F)(F)F)c2)C(=O)C1. The van der Waals surface area contributed by atoms with E-state index in [4.69, 9.17) is 0 Å². The third-order valence-electron chi connectivity index (χ3n) is 3.59. The maximum atomic E-state index is 12.9. The van der Waals surface area contributed by atoms with Gasteiger partial charge < -0.3 is 0 Å². The van der Waals surface area contributed by atoms with Crippen molar-refractivity contribution < 1.29 is 35.9 Å². The molecule has 1 aromatic carbocycles. The summed E-state index contributed by atoms with van der Waals surface area (Å²) in [6.07, 6.45) is -10.4. The lowest BCUT2D eigenvalue weighted by atomic mass is 9.81. The van der Waals surface area contributed by atoms with E-state index in [1.165, 1.54) is 0 Å². The van der Waals surface area contributed by atoms with Crippen molar-refractivity contribution in [3.63, 3.8) is 0 Å². The summed E-state index contributed by atoms with van der Waals surface area (Å²) in [5.41, 5.74) is -4.56. The Labute approximate surface area is 133 Å². The lowest BCUT2D eigenvalue weighted by Gasteiger charge is -2.35. The van der Waals surface area contributed by atoms with Crippen LogP contribution in [0.4, 0.5) is 32.0 Å². The van der Waals surface area contributed by atoms with E-state index in [1.54, 1.807) is 13.8 Å². The molecule has 0 aromatic heterocycles. The highest BCUT2D eigenvalue weighted by Crippen LogP contribution is 2.40. The van der Waals surface area contributed by atoms with Crippen LogP contribution in [0.5, 0.6) is 0 Å². The van der Waals surface area contributed by atoms with Crippen LogP contribution >= 0.6 is 0 Å². The summed E-state index contributed by atoms with van der Waals surface area (Å²) in [6.45, 7) is 3.24. The molecule has 0 N–H and O–H groups in total. The van der Waals surface area contributed by atoms with Crippen molar-refractivity contribution in [1.29, 1.82) is 0 Å². The molecule has 0 aliphatic carbocycles. The number of piperidine rings is 1. The second kappa shape index (κ2) is 5.49. The third-order valence-corrected chi connectivity index (χ3v) is 3.59. The molecule has 2 rings (SSSR count). The molecule has 1 fully saturated rings. The summed E-state index contributed by atoms with van der Waals surface area (Å²) in [5, 5.41) is 0. The summed E-state index contributed by atoms with van der Waals surface area (Å²) >= 11 is 0. The fraction of sp³-hybridized carbons (Fsp3) is 0.467. The second-order valence-corrected chi connectivity index (χ2v) is 6.40. The minimum atomic E-state index is -5.04. The number of anilines is 1. The van der Waals surface area contributed by atoms with Gasteiger partial charge in [-0.3, -0.25) is 14.5 Å². The Kier molecular flexibility index (Phi) is 4.18. The molecule has 132 valence electrons. The standard InChI is InChI=1S/C15H13F6NO2/c1-13(2)6-11(23)22(12(24)7-13)10-4-8(14(16,17)18)3-9(5-10)15(19,20)21/h3-5H,6-7H2,1-2H3. The van der Waals surface area contributed by atoms with Crippen LogP contribution in [0.2, 0.25) is 0 Å². The van der Waals surface area contributed by atoms with Crippen molar-refractivity contribution in [2.24, 2.45) is 5.41 Å². The minimum absolute atomic E-state index is 0.0493. The van der Waals surface area contributed by atoms with Crippen molar-refractivity contribution in [2.45, 2.75) is 39.0 Å². The Morgan fingerprint density at radius 2 is 1.21 bits per heavy atom. The summed E-state index contributed by atoms with van der Waals surface area (Å²) < 4.78 is 77.2. The zero-order valence-corrected chi connectivity index (χ0v) is 12.7. The average Bonchev–Trinajstić information content (AvgIpc) is 2.33. The van der Waals surface area contributed by atoms with E-state index in [2.05, 4.69) is 0 Å². The number of benzene rings is 1. The number of imide groups is 1. The second-order valence-electron chi connectivity index (χ2n) is 6.40. The maximum Gasteiger partial charge on any atom is 0.416 e. The Morgan fingerprint density at radius 3 is 1.54 bits per heavy atom. The van der Waals surface area contributed by atoms with Crippen molar-refractivity contribution in [1.82, 2.24) is 0 Å². The van der Waals surface area contributed by atoms with E-state index in [-0.39, 0.29) is 18.9 Å². The van der Waals surface area contributed by atoms with Crippen LogP contribution in [0.1, 0.15) is 37.8 Å². The van der Waals surface area contributed by atoms with Gasteiger partial charge in [0.25, 0.3) is 0 Å². The first-order valence-corrected chi connectivity index (χ1v) is 6.86. The highest BCUT2D eigenvalue weighted by atomic mass is 19.4. The molecule has 2 amide bonds. The molecule has 1 aromatic rings. The van der Waals surface area contributed by atoms with Gasteiger partial charge in [0.2, 0.25) is 11.8 Å². The average molecular weight is 353 g/mol. The van der Waals surface area contributed by atoms with Gasteiger partial charge in [-0.05, 0) is 23.6 Å². The molecule has 0 saturated carbocycles. The van der Waals surface area contributed by atoms with Crippen molar-refractivity contribution in [3.05, 3.63) is 29.3 Å². The van der Waals surface area contributed by atoms with Crippen LogP contribution in [0, 0.1) is 5.41 Å². The predicted molar refractivity (Wildman–Crippen MR) is 72.0 cm³/mol. The van der Waals surface area contributed by atoms with E-state index < -0.39 is 46.4 Å². The van der Waals surface area contributed by atoms with Gasteiger partial charge in [-0.25, -0.2) is 0 Å². The highest BCUT2D eigenvalue weighted by Gasteiger charge is 2.41. The molecule has 1 aliphatic rings. The zero-order valence-electron chi connectivity index (χ0n) is 12.7. The first-order valence-electron chi connectivity index (χ1n) is 6.86. The Hall–Kier alpha value is -2.06. The van der Waals surface area contributed by atoms with Crippen LogP contribution in [-0.4, -0.2) is 11.8 Å². The molecule has 0 atom stereocenters. The van der Waals surface area contributed by atoms with Gasteiger partial charge in [0, 0.05) is 12.8 Å². The van der Waals surface area contributed by atoms with Gasteiger partial charge in [-0.1, -0.05) is 13.8 Å². The number of carbonyl (C=O) groups excluding carboxylic acids is 2. The maximum absolute atomic E-state index is 12.9. The topological polar surface area (TPSA) is 37.4 Å². The monoisotopic (exact) mass is 353 g/mol. The first-order chi connectivity index (χ1) is 10.7. The van der Waals surface area contributed by atoms with Crippen LogP contribution < -0.4 is 4.90 Å². The van der Waals surface area contributed by atoms with Gasteiger partial charge in [0.05, 0.1) is 16.8 Å². The molecule has 0 unspecified atom stereocenters. The molecular weight excluding hydrogens is 340 g/mol. The molecule has 1 heterocycles. The lowest BCUT2D eigenvalue weighted by Crippen LogP contribution is -2.46. The quantitative estimate of drug-likeness (QED) is 0.554. The zero-order chi connectivity index (χ0) is 18.5. The summed E-state index contributed by atoms with van der Waals surface area (Å²) in [5.74, 6) is -1.66. The molecule has 24 heavy (non-hydrogen) atoms. The van der Waals surface area contributed by atoms with Crippen LogP contribution in [-0.2, 0) is 21.9 Å². The number of amides is 2. The number of nitrogens with zero attached hydrogens (tertiary/aromatic N) is 1. The van der Waals surface area contributed by atoms with Gasteiger partial charge in [0.1, 0.15) is 0 Å². The fourth-order valence-electron chi connectivity index (χ4n) is 2.53. The van der Waals surface area contributed by atoms with E-state index in [1.807, 2.05) is 0 Å². The van der Waals surface area contributed by atoms with E-state index in [9.17, 15) is 35.9 Å². The molecular formula is C15H13F6NO2. The van der Waals surface area contributed by atoms with Crippen LogP contribution in [0.25, 0.3) is 0 Å². The van der Waals surface area contributed by atoms with Crippen molar-refractivity contribution in [3.8, 4) is 0 Å². The lowest BCUT2D eigenvalue weighted by molar-refractivity contribution is -0.143. The Bertz CT molecular complexity index is 638. The molecule has 0 spiro atoms. The summed E-state index contributed by atoms with van der Waals surface area (Å²) in [4.78, 5) is 24.6. The first kappa shape index (κ1) is 18.3. The molecule has 1 aliphatic heterocycles. The van der Waals surface area contributed by atoms with E-state index in [0.29, 0.717) is 17.0 Å². The number of hydrogen-bond acceptors (Lipinski definition) is 2. The van der Waals surface area contributed by atoms with Gasteiger partial charge in [0.15, 0.2) is 0 Å². The minimum Gasteiger partial charge on any atom is -0.274 e. The molecule has 9 heteroatoms. The van der Waals surface area contributed by atoms with E-state index in [0.717, 1.165) is 0 Å². The molecule has 0 radical (unpaired) electrons. The van der Waals surface area contributed by atoms with E-state index >= 15 is 0 Å². The highest BCUT2D eigenvalue weighted by molar-refractivity contribution is 6.17. The number of hydrogen-bond donors (Lipinski definition) is 0. The number of rotatable bonds is 1. The van der Waals surface area contributed by atoms with Crippen LogP contribution in [0.3, 0.4) is 0 Å². The number of carbonyl (C=O) groups is 2. The smallest absolute Gasteiger partial charge is 0.274 e. The molecule has 0 bridgehead atoms. The summed E-state index contributed by atoms with van der Waals surface area (Å²) in [6, 6.07) is 0.707. The van der Waals surface area contributed by atoms with Gasteiger partial charge in [-0.15, -0.1) is 0 Å². The largest absolute Gasteiger partial charge is 0.416 e. The number of alkyl halides is 6. The number of halogens is 6. The van der Waals surface area contributed by atoms with Crippen LogP contribution in [0.15, 0.2) is 18.2 Å². The van der Waals surface area contributed by atoms with Crippen molar-refractivity contribution in [2.75, 3.05) is 4.90 Å². The molecule has 3 nitrogen and oxygen atoms in total.